The lowest BCUT2D eigenvalue weighted by molar-refractivity contribution is 0.255. The van der Waals surface area contributed by atoms with Gasteiger partial charge in [-0.2, -0.15) is 0 Å². The van der Waals surface area contributed by atoms with Gasteiger partial charge in [-0.3, -0.25) is 0 Å². The van der Waals surface area contributed by atoms with Crippen molar-refractivity contribution < 1.29 is 4.79 Å². The highest BCUT2D eigenvalue weighted by atomic mass is 35.5. The van der Waals surface area contributed by atoms with E-state index in [1.165, 1.54) is 6.20 Å². The predicted molar refractivity (Wildman–Crippen MR) is 89.1 cm³/mol. The van der Waals surface area contributed by atoms with E-state index < -0.39 is 6.03 Å². The molecule has 0 aliphatic heterocycles. The van der Waals surface area contributed by atoms with Crippen LogP contribution in [0.1, 0.15) is 5.56 Å². The number of urea groups is 1. The molecule has 2 aromatic carbocycles. The van der Waals surface area contributed by atoms with Crippen LogP contribution in [-0.2, 0) is 0 Å². The first kappa shape index (κ1) is 15.7. The molecule has 0 spiro atoms. The molecule has 0 unspecified atom stereocenters. The maximum absolute atomic E-state index is 11.7. The van der Waals surface area contributed by atoms with Crippen LogP contribution < -0.4 is 10.6 Å². The Morgan fingerprint density at radius 1 is 0.952 bits per heavy atom. The summed E-state index contributed by atoms with van der Waals surface area (Å²) < 4.78 is 0. The molecule has 0 atom stereocenters. The second-order valence-electron chi connectivity index (χ2n) is 4.11. The SMILES string of the molecule is O=C(N/C=C/c1ccc(Cl)cc1)Nc1ccc(Cl)cc1Cl. The van der Waals surface area contributed by atoms with Crippen molar-refractivity contribution in [1.82, 2.24) is 5.32 Å². The fraction of sp³-hybridized carbons (Fsp3) is 0. The number of amides is 2. The summed E-state index contributed by atoms with van der Waals surface area (Å²) in [6.07, 6.45) is 3.28. The Kier molecular flexibility index (Phi) is 5.51. The Labute approximate surface area is 137 Å². The van der Waals surface area contributed by atoms with Gasteiger partial charge in [-0.15, -0.1) is 0 Å². The molecule has 0 aromatic heterocycles. The third kappa shape index (κ3) is 4.97. The van der Waals surface area contributed by atoms with Crippen molar-refractivity contribution in [1.29, 1.82) is 0 Å². The number of carbonyl (C=O) groups is 1. The fourth-order valence-corrected chi connectivity index (χ4v) is 2.12. The minimum absolute atomic E-state index is 0.374. The van der Waals surface area contributed by atoms with Crippen molar-refractivity contribution in [2.45, 2.75) is 0 Å². The average molecular weight is 342 g/mol. The molecule has 0 aliphatic carbocycles. The number of benzene rings is 2. The summed E-state index contributed by atoms with van der Waals surface area (Å²) in [6.45, 7) is 0. The molecule has 0 heterocycles. The first-order chi connectivity index (χ1) is 10.0. The number of carbonyl (C=O) groups excluding carboxylic acids is 1. The molecular formula is C15H11Cl3N2O. The van der Waals surface area contributed by atoms with E-state index >= 15 is 0 Å². The van der Waals surface area contributed by atoms with Crippen molar-refractivity contribution in [3.8, 4) is 0 Å². The van der Waals surface area contributed by atoms with Crippen LogP contribution in [0.4, 0.5) is 10.5 Å². The summed E-state index contributed by atoms with van der Waals surface area (Å²) in [7, 11) is 0. The van der Waals surface area contributed by atoms with E-state index in [-0.39, 0.29) is 0 Å². The second kappa shape index (κ2) is 7.36. The van der Waals surface area contributed by atoms with Gasteiger partial charge in [-0.05, 0) is 42.0 Å². The first-order valence-electron chi connectivity index (χ1n) is 5.99. The number of hydrogen-bond donors (Lipinski definition) is 2. The lowest BCUT2D eigenvalue weighted by Crippen LogP contribution is -2.23. The highest BCUT2D eigenvalue weighted by molar-refractivity contribution is 6.36. The lowest BCUT2D eigenvalue weighted by Gasteiger charge is -2.06. The zero-order chi connectivity index (χ0) is 15.2. The molecule has 108 valence electrons. The van der Waals surface area contributed by atoms with Gasteiger partial charge >= 0.3 is 6.03 Å². The molecule has 0 radical (unpaired) electrons. The molecule has 21 heavy (non-hydrogen) atoms. The van der Waals surface area contributed by atoms with E-state index in [0.717, 1.165) is 5.56 Å². The quantitative estimate of drug-likeness (QED) is 0.767. The van der Waals surface area contributed by atoms with Gasteiger partial charge in [-0.1, -0.05) is 46.9 Å². The molecule has 0 aliphatic rings. The van der Waals surface area contributed by atoms with Crippen molar-refractivity contribution >= 4 is 52.6 Å². The van der Waals surface area contributed by atoms with Gasteiger partial charge in [0.25, 0.3) is 0 Å². The molecule has 0 saturated heterocycles. The van der Waals surface area contributed by atoms with Gasteiger partial charge in [-0.25, -0.2) is 4.79 Å². The Bertz CT molecular complexity index is 669. The van der Waals surface area contributed by atoms with Gasteiger partial charge in [0.1, 0.15) is 0 Å². The summed E-state index contributed by atoms with van der Waals surface area (Å²) in [5.74, 6) is 0. The molecule has 3 nitrogen and oxygen atoms in total. The molecule has 2 aromatic rings. The normalized spacial score (nSPS) is 10.6. The van der Waals surface area contributed by atoms with Crippen LogP contribution in [0.15, 0.2) is 48.7 Å². The van der Waals surface area contributed by atoms with Gasteiger partial charge in [0.2, 0.25) is 0 Å². The van der Waals surface area contributed by atoms with Crippen LogP contribution in [0.3, 0.4) is 0 Å². The van der Waals surface area contributed by atoms with Gasteiger partial charge in [0.15, 0.2) is 0 Å². The lowest BCUT2D eigenvalue weighted by atomic mass is 10.2. The van der Waals surface area contributed by atoms with E-state index in [1.54, 1.807) is 36.4 Å². The van der Waals surface area contributed by atoms with Crippen LogP contribution in [0.25, 0.3) is 6.08 Å². The van der Waals surface area contributed by atoms with Gasteiger partial charge in [0.05, 0.1) is 10.7 Å². The number of hydrogen-bond acceptors (Lipinski definition) is 1. The van der Waals surface area contributed by atoms with Crippen LogP contribution in [0.2, 0.25) is 15.1 Å². The molecule has 0 fully saturated rings. The Morgan fingerprint density at radius 3 is 2.29 bits per heavy atom. The average Bonchev–Trinajstić information content (AvgIpc) is 2.44. The maximum Gasteiger partial charge on any atom is 0.323 e. The zero-order valence-electron chi connectivity index (χ0n) is 10.7. The van der Waals surface area contributed by atoms with E-state index in [0.29, 0.717) is 20.8 Å². The molecule has 2 rings (SSSR count). The second-order valence-corrected chi connectivity index (χ2v) is 5.39. The number of rotatable bonds is 3. The van der Waals surface area contributed by atoms with Crippen molar-refractivity contribution in [3.05, 3.63) is 69.3 Å². The number of halogens is 3. The number of nitrogens with one attached hydrogen (secondary N) is 2. The summed E-state index contributed by atoms with van der Waals surface area (Å²) in [4.78, 5) is 11.7. The van der Waals surface area contributed by atoms with Crippen molar-refractivity contribution in [2.75, 3.05) is 5.32 Å². The van der Waals surface area contributed by atoms with Crippen molar-refractivity contribution in [3.63, 3.8) is 0 Å². The van der Waals surface area contributed by atoms with Gasteiger partial charge < -0.3 is 10.6 Å². The van der Waals surface area contributed by atoms with Crippen molar-refractivity contribution in [2.24, 2.45) is 0 Å². The largest absolute Gasteiger partial charge is 0.323 e. The number of anilines is 1. The summed E-state index contributed by atoms with van der Waals surface area (Å²) in [6, 6.07) is 11.7. The summed E-state index contributed by atoms with van der Waals surface area (Å²) in [5, 5.41) is 6.75. The minimum atomic E-state index is -0.399. The Balaban J connectivity index is 1.91. The third-order valence-electron chi connectivity index (χ3n) is 2.54. The van der Waals surface area contributed by atoms with E-state index in [9.17, 15) is 4.79 Å². The van der Waals surface area contributed by atoms with Gasteiger partial charge in [0, 0.05) is 16.2 Å². The Hall–Kier alpha value is -1.68. The molecular weight excluding hydrogens is 331 g/mol. The predicted octanol–water partition coefficient (Wildman–Crippen LogP) is 5.44. The Morgan fingerprint density at radius 2 is 1.62 bits per heavy atom. The van der Waals surface area contributed by atoms with Crippen LogP contribution in [0, 0.1) is 0 Å². The minimum Gasteiger partial charge on any atom is -0.314 e. The molecule has 2 amide bonds. The molecule has 0 saturated carbocycles. The first-order valence-corrected chi connectivity index (χ1v) is 7.13. The van der Waals surface area contributed by atoms with E-state index in [1.807, 2.05) is 12.1 Å². The molecule has 2 N–H and O–H groups in total. The monoisotopic (exact) mass is 340 g/mol. The fourth-order valence-electron chi connectivity index (χ4n) is 1.54. The molecule has 0 bridgehead atoms. The van der Waals surface area contributed by atoms with Crippen LogP contribution in [-0.4, -0.2) is 6.03 Å². The maximum atomic E-state index is 11.7. The summed E-state index contributed by atoms with van der Waals surface area (Å²) in [5.41, 5.74) is 1.41. The smallest absolute Gasteiger partial charge is 0.314 e. The molecule has 6 heteroatoms. The highest BCUT2D eigenvalue weighted by Gasteiger charge is 2.04. The van der Waals surface area contributed by atoms with Crippen LogP contribution in [0.5, 0.6) is 0 Å². The highest BCUT2D eigenvalue weighted by Crippen LogP contribution is 2.25. The zero-order valence-corrected chi connectivity index (χ0v) is 13.0. The third-order valence-corrected chi connectivity index (χ3v) is 3.34. The standard InChI is InChI=1S/C15H11Cl3N2O/c16-11-3-1-10(2-4-11)7-8-19-15(21)20-14-6-5-12(17)9-13(14)18/h1-9H,(H2,19,20,21)/b8-7+. The van der Waals surface area contributed by atoms with Crippen LogP contribution >= 0.6 is 34.8 Å². The topological polar surface area (TPSA) is 41.1 Å². The van der Waals surface area contributed by atoms with E-state index in [2.05, 4.69) is 10.6 Å². The summed E-state index contributed by atoms with van der Waals surface area (Å²) >= 11 is 17.5. The van der Waals surface area contributed by atoms with E-state index in [4.69, 9.17) is 34.8 Å².